The Labute approximate surface area is 143 Å². The van der Waals surface area contributed by atoms with Crippen molar-refractivity contribution >= 4 is 68.0 Å². The van der Waals surface area contributed by atoms with Gasteiger partial charge in [-0.05, 0) is 40.2 Å². The van der Waals surface area contributed by atoms with Gasteiger partial charge in [0.1, 0.15) is 5.82 Å². The van der Waals surface area contributed by atoms with Crippen molar-refractivity contribution in [3.8, 4) is 0 Å². The number of benzene rings is 2. The third kappa shape index (κ3) is 3.61. The molecule has 2 aromatic carbocycles. The number of rotatable bonds is 2. The van der Waals surface area contributed by atoms with Crippen LogP contribution in [-0.4, -0.2) is 5.91 Å². The largest absolute Gasteiger partial charge is 0.397 e. The summed E-state index contributed by atoms with van der Waals surface area (Å²) in [6.45, 7) is 0. The minimum absolute atomic E-state index is 0.0586. The molecular formula is C13H7BrCl3FN2O. The highest BCUT2D eigenvalue weighted by atomic mass is 79.9. The molecule has 0 saturated carbocycles. The zero-order chi connectivity index (χ0) is 15.7. The van der Waals surface area contributed by atoms with Crippen LogP contribution in [0, 0.1) is 5.82 Å². The Morgan fingerprint density at radius 1 is 1.14 bits per heavy atom. The highest BCUT2D eigenvalue weighted by Gasteiger charge is 2.15. The first-order valence-electron chi connectivity index (χ1n) is 5.50. The molecule has 0 atom stereocenters. The smallest absolute Gasteiger partial charge is 0.255 e. The molecule has 2 aromatic rings. The maximum absolute atomic E-state index is 13.1. The van der Waals surface area contributed by atoms with Gasteiger partial charge >= 0.3 is 0 Å². The Morgan fingerprint density at radius 2 is 1.81 bits per heavy atom. The predicted octanol–water partition coefficient (Wildman–Crippen LogP) is 5.38. The topological polar surface area (TPSA) is 55.1 Å². The highest BCUT2D eigenvalue weighted by Crippen LogP contribution is 2.33. The fourth-order valence-electron chi connectivity index (χ4n) is 1.59. The van der Waals surface area contributed by atoms with Crippen LogP contribution in [0.5, 0.6) is 0 Å². The van der Waals surface area contributed by atoms with Gasteiger partial charge in [-0.2, -0.15) is 0 Å². The Morgan fingerprint density at radius 3 is 2.38 bits per heavy atom. The zero-order valence-electron chi connectivity index (χ0n) is 10.2. The zero-order valence-corrected chi connectivity index (χ0v) is 14.0. The van der Waals surface area contributed by atoms with E-state index in [1.54, 1.807) is 0 Å². The Kier molecular flexibility index (Phi) is 4.99. The van der Waals surface area contributed by atoms with E-state index in [-0.39, 0.29) is 32.0 Å². The monoisotopic (exact) mass is 410 g/mol. The molecule has 0 aliphatic rings. The Hall–Kier alpha value is -1.01. The van der Waals surface area contributed by atoms with E-state index >= 15 is 0 Å². The second kappa shape index (κ2) is 6.40. The molecular weight excluding hydrogens is 405 g/mol. The summed E-state index contributed by atoms with van der Waals surface area (Å²) in [7, 11) is 0. The first-order chi connectivity index (χ1) is 9.79. The molecule has 21 heavy (non-hydrogen) atoms. The second-order valence-electron chi connectivity index (χ2n) is 4.06. The first-order valence-corrected chi connectivity index (χ1v) is 7.42. The summed E-state index contributed by atoms with van der Waals surface area (Å²) < 4.78 is 13.5. The number of hydrogen-bond donors (Lipinski definition) is 2. The Balaban J connectivity index is 2.35. The van der Waals surface area contributed by atoms with Gasteiger partial charge in [0.25, 0.3) is 5.91 Å². The van der Waals surface area contributed by atoms with Crippen LogP contribution in [0.15, 0.2) is 28.7 Å². The van der Waals surface area contributed by atoms with Crippen LogP contribution >= 0.6 is 50.7 Å². The van der Waals surface area contributed by atoms with Crippen LogP contribution in [0.2, 0.25) is 15.1 Å². The van der Waals surface area contributed by atoms with Gasteiger partial charge in [0.2, 0.25) is 0 Å². The van der Waals surface area contributed by atoms with Crippen LogP contribution in [0.3, 0.4) is 0 Å². The molecule has 0 aliphatic heterocycles. The maximum atomic E-state index is 13.1. The van der Waals surface area contributed by atoms with Crippen LogP contribution < -0.4 is 11.1 Å². The number of nitrogens with two attached hydrogens (primary N) is 1. The fraction of sp³-hybridized carbons (Fsp3) is 0. The summed E-state index contributed by atoms with van der Waals surface area (Å²) in [4.78, 5) is 12.2. The van der Waals surface area contributed by atoms with Gasteiger partial charge in [0, 0.05) is 10.0 Å². The lowest BCUT2D eigenvalue weighted by molar-refractivity contribution is 0.102. The lowest BCUT2D eigenvalue weighted by Crippen LogP contribution is -2.13. The second-order valence-corrected chi connectivity index (χ2v) is 6.11. The number of halogens is 5. The molecule has 0 unspecified atom stereocenters. The van der Waals surface area contributed by atoms with E-state index in [2.05, 4.69) is 21.2 Å². The molecule has 3 nitrogen and oxygen atoms in total. The Bertz CT molecular complexity index is 693. The summed E-state index contributed by atoms with van der Waals surface area (Å²) in [6.07, 6.45) is 0. The van der Waals surface area contributed by atoms with Crippen molar-refractivity contribution in [2.45, 2.75) is 0 Å². The third-order valence-electron chi connectivity index (χ3n) is 2.56. The summed E-state index contributed by atoms with van der Waals surface area (Å²) in [5.74, 6) is -1.03. The van der Waals surface area contributed by atoms with Crippen molar-refractivity contribution < 1.29 is 9.18 Å². The average Bonchev–Trinajstić information content (AvgIpc) is 2.39. The molecule has 3 N–H and O–H groups in total. The number of carbonyl (C=O) groups is 1. The number of nitrogen functional groups attached to an aromatic ring is 1. The van der Waals surface area contributed by atoms with E-state index in [4.69, 9.17) is 40.5 Å². The van der Waals surface area contributed by atoms with E-state index in [0.717, 1.165) is 6.07 Å². The van der Waals surface area contributed by atoms with Crippen LogP contribution in [0.1, 0.15) is 10.4 Å². The molecule has 0 saturated heterocycles. The van der Waals surface area contributed by atoms with Gasteiger partial charge in [-0.3, -0.25) is 4.79 Å². The van der Waals surface area contributed by atoms with Gasteiger partial charge in [0.15, 0.2) is 0 Å². The van der Waals surface area contributed by atoms with Crippen LogP contribution in [0.4, 0.5) is 15.8 Å². The van der Waals surface area contributed by atoms with Crippen molar-refractivity contribution in [2.24, 2.45) is 0 Å². The standard InChI is InChI=1S/C13H7BrCl3FN2O/c14-7-3-6(18)4-9(16)12(7)20-13(21)5-1-8(15)11(17)10(19)2-5/h1-4H,19H2,(H,20,21). The number of anilines is 2. The highest BCUT2D eigenvalue weighted by molar-refractivity contribution is 9.10. The van der Waals surface area contributed by atoms with E-state index < -0.39 is 11.7 Å². The van der Waals surface area contributed by atoms with E-state index in [9.17, 15) is 9.18 Å². The SMILES string of the molecule is Nc1cc(C(=O)Nc2c(Cl)cc(F)cc2Br)cc(Cl)c1Cl. The minimum Gasteiger partial charge on any atom is -0.397 e. The van der Waals surface area contributed by atoms with Crippen molar-refractivity contribution in [2.75, 3.05) is 11.1 Å². The third-order valence-corrected chi connectivity index (χ3v) is 4.30. The number of nitrogens with one attached hydrogen (secondary N) is 1. The number of carbonyl (C=O) groups excluding carboxylic acids is 1. The van der Waals surface area contributed by atoms with Gasteiger partial charge in [-0.25, -0.2) is 4.39 Å². The van der Waals surface area contributed by atoms with Crippen molar-refractivity contribution in [1.29, 1.82) is 0 Å². The van der Waals surface area contributed by atoms with Crippen molar-refractivity contribution in [1.82, 2.24) is 0 Å². The van der Waals surface area contributed by atoms with Gasteiger partial charge < -0.3 is 11.1 Å². The fourth-order valence-corrected chi connectivity index (χ4v) is 2.82. The molecule has 110 valence electrons. The maximum Gasteiger partial charge on any atom is 0.255 e. The average molecular weight is 412 g/mol. The van der Waals surface area contributed by atoms with E-state index in [1.807, 2.05) is 0 Å². The number of amides is 1. The van der Waals surface area contributed by atoms with Gasteiger partial charge in [-0.15, -0.1) is 0 Å². The summed E-state index contributed by atoms with van der Waals surface area (Å²) in [5, 5.41) is 2.95. The molecule has 0 radical (unpaired) electrons. The molecule has 0 heterocycles. The van der Waals surface area contributed by atoms with E-state index in [1.165, 1.54) is 18.2 Å². The lowest BCUT2D eigenvalue weighted by atomic mass is 10.2. The van der Waals surface area contributed by atoms with Crippen molar-refractivity contribution in [3.05, 3.63) is 55.2 Å². The lowest BCUT2D eigenvalue weighted by Gasteiger charge is -2.11. The molecule has 1 amide bonds. The van der Waals surface area contributed by atoms with Crippen molar-refractivity contribution in [3.63, 3.8) is 0 Å². The van der Waals surface area contributed by atoms with Gasteiger partial charge in [-0.1, -0.05) is 34.8 Å². The molecule has 0 aliphatic carbocycles. The molecule has 8 heteroatoms. The molecule has 0 fully saturated rings. The normalized spacial score (nSPS) is 10.5. The first kappa shape index (κ1) is 16.4. The molecule has 0 bridgehead atoms. The summed E-state index contributed by atoms with van der Waals surface area (Å²) in [6, 6.07) is 5.03. The van der Waals surface area contributed by atoms with Crippen LogP contribution in [0.25, 0.3) is 0 Å². The van der Waals surface area contributed by atoms with Crippen LogP contribution in [-0.2, 0) is 0 Å². The minimum atomic E-state index is -0.524. The van der Waals surface area contributed by atoms with Gasteiger partial charge in [0.05, 0.1) is 26.4 Å². The summed E-state index contributed by atoms with van der Waals surface area (Å²) in [5.41, 5.74) is 6.28. The predicted molar refractivity (Wildman–Crippen MR) is 87.9 cm³/mol. The molecule has 0 spiro atoms. The number of hydrogen-bond acceptors (Lipinski definition) is 2. The molecule has 0 aromatic heterocycles. The molecule has 2 rings (SSSR count). The summed E-state index contributed by atoms with van der Waals surface area (Å²) >= 11 is 20.7. The van der Waals surface area contributed by atoms with E-state index in [0.29, 0.717) is 4.47 Å². The quantitative estimate of drug-likeness (QED) is 0.651.